The number of thiazole rings is 1. The number of nitrogens with two attached hydrogens (primary N) is 3. The zero-order valence-corrected chi connectivity index (χ0v) is 22.2. The van der Waals surface area contributed by atoms with Crippen molar-refractivity contribution < 1.29 is 29.1 Å². The second kappa shape index (κ2) is 10.5. The van der Waals surface area contributed by atoms with Gasteiger partial charge in [0.15, 0.2) is 10.8 Å². The van der Waals surface area contributed by atoms with Gasteiger partial charge in [-0.1, -0.05) is 22.0 Å². The summed E-state index contributed by atoms with van der Waals surface area (Å²) in [6, 6.07) is -1.06. The first-order chi connectivity index (χ1) is 17.9. The second-order valence-corrected chi connectivity index (χ2v) is 11.2. The summed E-state index contributed by atoms with van der Waals surface area (Å²) in [5.74, 6) is 2.44. The molecule has 0 spiro atoms. The van der Waals surface area contributed by atoms with Crippen molar-refractivity contribution in [1.82, 2.24) is 35.5 Å². The minimum absolute atomic E-state index is 0.0536. The second-order valence-electron chi connectivity index (χ2n) is 8.29. The lowest BCUT2D eigenvalue weighted by atomic mass is 10.0. The maximum absolute atomic E-state index is 13.1. The van der Waals surface area contributed by atoms with E-state index in [1.54, 1.807) is 0 Å². The number of amides is 3. The molecule has 2 aromatic rings. The summed E-state index contributed by atoms with van der Waals surface area (Å²) in [5.41, 5.74) is 9.42. The number of tetrazole rings is 1. The van der Waals surface area contributed by atoms with Crippen LogP contribution in [0.1, 0.15) is 19.5 Å². The predicted octanol–water partition coefficient (Wildman–Crippen LogP) is -2.06. The van der Waals surface area contributed by atoms with Crippen LogP contribution < -0.4 is 22.6 Å². The number of carboxylic acids is 1. The number of thioether (sulfide) groups is 2. The summed E-state index contributed by atoms with van der Waals surface area (Å²) in [6.45, 7) is 2.72. The van der Waals surface area contributed by atoms with E-state index in [1.807, 2.05) is 0 Å². The number of aromatic nitrogens is 5. The van der Waals surface area contributed by atoms with Crippen molar-refractivity contribution in [2.75, 3.05) is 23.1 Å². The van der Waals surface area contributed by atoms with Gasteiger partial charge in [-0.2, -0.15) is 0 Å². The number of carbonyl (C=O) groups is 4. The Morgan fingerprint density at radius 3 is 2.71 bits per heavy atom. The SMILES string of the molecule is CC(C)(O/N=C(\C(=O)N[C@@H]1C(=O)N2C(C(=O)O)=C(CSc3nnnn3N)CS[C@H]12)c1csc(N)n1)C(N)=O. The molecule has 0 bridgehead atoms. The van der Waals surface area contributed by atoms with Crippen LogP contribution in [0.15, 0.2) is 27.0 Å². The third kappa shape index (κ3) is 5.22. The monoisotopic (exact) mass is 583 g/mol. The molecule has 0 aliphatic carbocycles. The van der Waals surface area contributed by atoms with Crippen molar-refractivity contribution >= 4 is 69.4 Å². The standard InChI is InChI=1S/C18H21N11O6S3/c1-18(2,15(19)34)35-25-8(7-5-37-16(20)22-7)11(30)23-9-12(31)28-10(14(32)33)6(3-36-13(9)28)4-38-17-24-26-27-29(17)21/h5,9,13H,3-4,21H2,1-2H3,(H2,19,34)(H2,20,22)(H,23,30)(H,32,33)/b25-8-/t9-,13-/m1/s1. The van der Waals surface area contributed by atoms with Crippen LogP contribution >= 0.6 is 34.9 Å². The van der Waals surface area contributed by atoms with Crippen molar-refractivity contribution in [1.29, 1.82) is 0 Å². The molecule has 0 unspecified atom stereocenters. The smallest absolute Gasteiger partial charge is 0.352 e. The molecular weight excluding hydrogens is 562 g/mol. The first kappa shape index (κ1) is 27.1. The Balaban J connectivity index is 1.52. The van der Waals surface area contributed by atoms with Gasteiger partial charge in [0, 0.05) is 16.9 Å². The average molecular weight is 584 g/mol. The number of nitrogens with zero attached hydrogens (tertiary/aromatic N) is 7. The molecule has 17 nitrogen and oxygen atoms in total. The number of carboxylic acid groups (broad SMARTS) is 1. The summed E-state index contributed by atoms with van der Waals surface area (Å²) < 4.78 is 0. The van der Waals surface area contributed by atoms with Crippen LogP contribution in [0.3, 0.4) is 0 Å². The molecule has 202 valence electrons. The van der Waals surface area contributed by atoms with Gasteiger partial charge in [-0.05, 0) is 29.8 Å². The number of carbonyl (C=O) groups excluding carboxylic acids is 3. The van der Waals surface area contributed by atoms with E-state index in [1.165, 1.54) is 31.0 Å². The van der Waals surface area contributed by atoms with E-state index >= 15 is 0 Å². The van der Waals surface area contributed by atoms with Crippen LogP contribution in [0.25, 0.3) is 0 Å². The number of primary amides is 1. The summed E-state index contributed by atoms with van der Waals surface area (Å²) >= 11 is 3.43. The van der Waals surface area contributed by atoms with Gasteiger partial charge in [0.2, 0.25) is 10.8 Å². The molecule has 2 aromatic heterocycles. The molecule has 0 aromatic carbocycles. The van der Waals surface area contributed by atoms with Gasteiger partial charge in [0.1, 0.15) is 22.8 Å². The first-order valence-electron chi connectivity index (χ1n) is 10.5. The Labute approximate surface area is 226 Å². The third-order valence-electron chi connectivity index (χ3n) is 5.31. The van der Waals surface area contributed by atoms with E-state index in [-0.39, 0.29) is 38.9 Å². The molecule has 2 aliphatic rings. The highest BCUT2D eigenvalue weighted by Gasteiger charge is 2.54. The molecular formula is C18H21N11O6S3. The normalized spacial score (nSPS) is 19.6. The van der Waals surface area contributed by atoms with E-state index in [4.69, 9.17) is 22.1 Å². The molecule has 0 saturated carbocycles. The zero-order valence-electron chi connectivity index (χ0n) is 19.7. The Bertz CT molecular complexity index is 1370. The molecule has 1 fully saturated rings. The van der Waals surface area contributed by atoms with Gasteiger partial charge >= 0.3 is 5.97 Å². The van der Waals surface area contributed by atoms with Crippen LogP contribution in [0.4, 0.5) is 5.13 Å². The molecule has 2 atom stereocenters. The predicted molar refractivity (Wildman–Crippen MR) is 136 cm³/mol. The largest absolute Gasteiger partial charge is 0.477 e. The molecule has 1 saturated heterocycles. The Kier molecular flexibility index (Phi) is 7.47. The van der Waals surface area contributed by atoms with E-state index in [2.05, 4.69) is 31.0 Å². The lowest BCUT2D eigenvalue weighted by molar-refractivity contribution is -0.150. The minimum atomic E-state index is -1.54. The van der Waals surface area contributed by atoms with Gasteiger partial charge in [0.05, 0.1) is 0 Å². The van der Waals surface area contributed by atoms with Gasteiger partial charge < -0.3 is 32.6 Å². The summed E-state index contributed by atoms with van der Waals surface area (Å²) in [6.07, 6.45) is 0. The average Bonchev–Trinajstić information content (AvgIpc) is 3.47. The van der Waals surface area contributed by atoms with Crippen LogP contribution in [0.2, 0.25) is 0 Å². The maximum atomic E-state index is 13.1. The van der Waals surface area contributed by atoms with Gasteiger partial charge in [-0.3, -0.25) is 19.3 Å². The highest BCUT2D eigenvalue weighted by atomic mass is 32.2. The van der Waals surface area contributed by atoms with Crippen molar-refractivity contribution in [3.05, 3.63) is 22.3 Å². The lowest BCUT2D eigenvalue weighted by Gasteiger charge is -2.49. The fourth-order valence-corrected chi connectivity index (χ4v) is 6.07. The molecule has 0 radical (unpaired) electrons. The Morgan fingerprint density at radius 1 is 1.39 bits per heavy atom. The first-order valence-corrected chi connectivity index (χ1v) is 13.5. The summed E-state index contributed by atoms with van der Waals surface area (Å²) in [4.78, 5) is 61.1. The number of hydrogen-bond acceptors (Lipinski definition) is 15. The fraction of sp³-hybridized carbons (Fsp3) is 0.389. The number of anilines is 1. The topological polar surface area (TPSA) is 260 Å². The molecule has 2 aliphatic heterocycles. The molecule has 4 heterocycles. The number of β-lactam (4-membered cyclic amide) rings is 1. The number of rotatable bonds is 10. The third-order valence-corrected chi connectivity index (χ3v) is 8.35. The number of oxime groups is 1. The molecule has 38 heavy (non-hydrogen) atoms. The highest BCUT2D eigenvalue weighted by molar-refractivity contribution is 8.01. The van der Waals surface area contributed by atoms with E-state index in [0.717, 1.165) is 32.8 Å². The fourth-order valence-electron chi connectivity index (χ4n) is 3.24. The summed E-state index contributed by atoms with van der Waals surface area (Å²) in [7, 11) is 0. The lowest BCUT2D eigenvalue weighted by Crippen LogP contribution is -2.71. The van der Waals surface area contributed by atoms with Crippen LogP contribution in [-0.4, -0.2) is 93.2 Å². The molecule has 8 N–H and O–H groups in total. The van der Waals surface area contributed by atoms with Crippen molar-refractivity contribution in [3.8, 4) is 0 Å². The number of fused-ring (bicyclic) bond motifs is 1. The van der Waals surface area contributed by atoms with Gasteiger partial charge in [-0.25, -0.2) is 9.78 Å². The number of nitrogen functional groups attached to an aromatic ring is 2. The van der Waals surface area contributed by atoms with Crippen LogP contribution in [0, 0.1) is 0 Å². The van der Waals surface area contributed by atoms with Crippen molar-refractivity contribution in [2.24, 2.45) is 10.9 Å². The van der Waals surface area contributed by atoms with Crippen LogP contribution in [0.5, 0.6) is 0 Å². The van der Waals surface area contributed by atoms with Gasteiger partial charge in [-0.15, -0.1) is 27.9 Å². The van der Waals surface area contributed by atoms with Crippen molar-refractivity contribution in [3.63, 3.8) is 0 Å². The maximum Gasteiger partial charge on any atom is 0.352 e. The number of hydrogen-bond donors (Lipinski definition) is 5. The van der Waals surface area contributed by atoms with Crippen molar-refractivity contribution in [2.45, 2.75) is 36.0 Å². The van der Waals surface area contributed by atoms with E-state index < -0.39 is 40.7 Å². The Morgan fingerprint density at radius 2 is 2.13 bits per heavy atom. The molecule has 4 rings (SSSR count). The zero-order chi connectivity index (χ0) is 27.8. The number of aliphatic carboxylic acids is 1. The van der Waals surface area contributed by atoms with E-state index in [0.29, 0.717) is 5.57 Å². The van der Waals surface area contributed by atoms with E-state index in [9.17, 15) is 24.3 Å². The number of nitrogens with one attached hydrogen (secondary N) is 1. The molecule has 20 heteroatoms. The van der Waals surface area contributed by atoms with Gasteiger partial charge in [0.25, 0.3) is 17.7 Å². The Hall–Kier alpha value is -3.91. The minimum Gasteiger partial charge on any atom is -0.477 e. The van der Waals surface area contributed by atoms with Crippen LogP contribution in [-0.2, 0) is 24.0 Å². The summed E-state index contributed by atoms with van der Waals surface area (Å²) in [5, 5.41) is 28.0. The quantitative estimate of drug-likeness (QED) is 0.0662. The highest BCUT2D eigenvalue weighted by Crippen LogP contribution is 2.41. The molecule has 3 amide bonds.